The lowest BCUT2D eigenvalue weighted by Gasteiger charge is -2.20. The molecule has 0 aliphatic heterocycles. The molecule has 24 heavy (non-hydrogen) atoms. The van der Waals surface area contributed by atoms with E-state index in [0.29, 0.717) is 12.1 Å². The minimum Gasteiger partial charge on any atom is -0.352 e. The van der Waals surface area contributed by atoms with Crippen molar-refractivity contribution in [2.24, 2.45) is 0 Å². The van der Waals surface area contributed by atoms with E-state index in [2.05, 4.69) is 10.0 Å². The van der Waals surface area contributed by atoms with Crippen LogP contribution in [0.4, 0.5) is 0 Å². The molecule has 1 aromatic carbocycles. The van der Waals surface area contributed by atoms with E-state index in [1.807, 2.05) is 17.5 Å². The summed E-state index contributed by atoms with van der Waals surface area (Å²) in [5.74, 6) is -0.209. The number of amides is 1. The molecule has 2 rings (SSSR count). The van der Waals surface area contributed by atoms with E-state index in [1.54, 1.807) is 32.1 Å². The van der Waals surface area contributed by atoms with Crippen LogP contribution >= 0.6 is 11.3 Å². The van der Waals surface area contributed by atoms with E-state index in [0.717, 1.165) is 6.42 Å². The first-order valence-electron chi connectivity index (χ1n) is 7.62. The number of carbonyl (C=O) groups excluding carboxylic acids is 1. The van der Waals surface area contributed by atoms with Crippen molar-refractivity contribution < 1.29 is 13.2 Å². The zero-order valence-corrected chi connectivity index (χ0v) is 15.6. The van der Waals surface area contributed by atoms with E-state index < -0.39 is 15.6 Å². The smallest absolute Gasteiger partial charge is 0.251 e. The highest BCUT2D eigenvalue weighted by Crippen LogP contribution is 2.14. The van der Waals surface area contributed by atoms with Crippen LogP contribution in [0.15, 0.2) is 46.7 Å². The summed E-state index contributed by atoms with van der Waals surface area (Å²) < 4.78 is 27.0. The van der Waals surface area contributed by atoms with E-state index in [1.165, 1.54) is 29.1 Å². The highest BCUT2D eigenvalue weighted by atomic mass is 32.2. The van der Waals surface area contributed by atoms with Gasteiger partial charge in [-0.25, -0.2) is 13.1 Å². The van der Waals surface area contributed by atoms with Crippen LogP contribution in [0.1, 0.15) is 36.0 Å². The van der Waals surface area contributed by atoms with Crippen LogP contribution in [0.2, 0.25) is 0 Å². The van der Waals surface area contributed by atoms with Gasteiger partial charge in [-0.3, -0.25) is 4.79 Å². The molecule has 7 heteroatoms. The predicted octanol–water partition coefficient (Wildman–Crippen LogP) is 2.80. The lowest BCUT2D eigenvalue weighted by atomic mass is 10.1. The zero-order valence-electron chi connectivity index (χ0n) is 14.0. The Bertz CT molecular complexity index is 774. The zero-order chi connectivity index (χ0) is 17.8. The third kappa shape index (κ3) is 5.43. The summed E-state index contributed by atoms with van der Waals surface area (Å²) >= 11 is 1.65. The summed E-state index contributed by atoms with van der Waals surface area (Å²) in [6.07, 6.45) is 0.783. The third-order valence-electron chi connectivity index (χ3n) is 3.10. The fourth-order valence-electron chi connectivity index (χ4n) is 2.10. The van der Waals surface area contributed by atoms with Crippen molar-refractivity contribution in [1.82, 2.24) is 10.0 Å². The average Bonchev–Trinajstić information content (AvgIpc) is 2.98. The first-order chi connectivity index (χ1) is 11.2. The van der Waals surface area contributed by atoms with Gasteiger partial charge in [0.2, 0.25) is 10.0 Å². The molecular weight excluding hydrogens is 344 g/mol. The summed E-state index contributed by atoms with van der Waals surface area (Å²) in [5, 5.41) is 4.84. The maximum absolute atomic E-state index is 12.2. The van der Waals surface area contributed by atoms with Crippen LogP contribution in [-0.4, -0.2) is 26.4 Å². The summed E-state index contributed by atoms with van der Waals surface area (Å²) in [4.78, 5) is 13.4. The van der Waals surface area contributed by atoms with Crippen molar-refractivity contribution >= 4 is 27.3 Å². The van der Waals surface area contributed by atoms with Crippen molar-refractivity contribution in [3.05, 3.63) is 52.2 Å². The minimum absolute atomic E-state index is 0.146. The van der Waals surface area contributed by atoms with E-state index in [4.69, 9.17) is 0 Å². The molecular formula is C17H22N2O3S2. The number of sulfonamides is 1. The molecule has 5 nitrogen and oxygen atoms in total. The lowest BCUT2D eigenvalue weighted by molar-refractivity contribution is 0.0954. The van der Waals surface area contributed by atoms with Crippen molar-refractivity contribution in [3.63, 3.8) is 0 Å². The van der Waals surface area contributed by atoms with Crippen LogP contribution in [0.25, 0.3) is 0 Å². The number of thiophene rings is 1. The van der Waals surface area contributed by atoms with Crippen molar-refractivity contribution in [3.8, 4) is 0 Å². The van der Waals surface area contributed by atoms with Crippen LogP contribution in [0, 0.1) is 0 Å². The fraction of sp³-hybridized carbons (Fsp3) is 0.353. The van der Waals surface area contributed by atoms with Crippen molar-refractivity contribution in [1.29, 1.82) is 0 Å². The Labute approximate surface area is 147 Å². The average molecular weight is 367 g/mol. The van der Waals surface area contributed by atoms with Gasteiger partial charge in [0, 0.05) is 22.5 Å². The summed E-state index contributed by atoms with van der Waals surface area (Å²) in [6.45, 7) is 5.88. The van der Waals surface area contributed by atoms with E-state index >= 15 is 0 Å². The normalized spacial score (nSPS) is 12.1. The van der Waals surface area contributed by atoms with Gasteiger partial charge in [0.25, 0.3) is 5.91 Å². The first-order valence-corrected chi connectivity index (χ1v) is 9.98. The second-order valence-corrected chi connectivity index (χ2v) is 9.18. The Kier molecular flexibility index (Phi) is 5.79. The SMILES string of the molecule is CC(C)(C)NS(=O)(=O)c1ccc(C(=O)NCCc2cccs2)cc1. The number of hydrogen-bond donors (Lipinski definition) is 2. The Morgan fingerprint density at radius 2 is 1.79 bits per heavy atom. The van der Waals surface area contributed by atoms with Crippen LogP contribution in [-0.2, 0) is 16.4 Å². The molecule has 2 aromatic rings. The molecule has 0 aliphatic carbocycles. The first kappa shape index (κ1) is 18.6. The Balaban J connectivity index is 1.97. The maximum Gasteiger partial charge on any atom is 0.251 e. The van der Waals surface area contributed by atoms with Gasteiger partial charge in [0.15, 0.2) is 0 Å². The molecule has 0 saturated heterocycles. The van der Waals surface area contributed by atoms with E-state index in [9.17, 15) is 13.2 Å². The standard InChI is InChI=1S/C17H22N2O3S2/c1-17(2,3)19-24(21,22)15-8-6-13(7-9-15)16(20)18-11-10-14-5-4-12-23-14/h4-9,12,19H,10-11H2,1-3H3,(H,18,20). The van der Waals surface area contributed by atoms with Gasteiger partial charge >= 0.3 is 0 Å². The van der Waals surface area contributed by atoms with Gasteiger partial charge < -0.3 is 5.32 Å². The molecule has 2 N–H and O–H groups in total. The van der Waals surface area contributed by atoms with Crippen molar-refractivity contribution in [2.75, 3.05) is 6.54 Å². The molecule has 0 saturated carbocycles. The second-order valence-electron chi connectivity index (χ2n) is 6.47. The minimum atomic E-state index is -3.59. The number of rotatable bonds is 6. The predicted molar refractivity (Wildman–Crippen MR) is 96.9 cm³/mol. The fourth-order valence-corrected chi connectivity index (χ4v) is 4.23. The summed E-state index contributed by atoms with van der Waals surface area (Å²) in [6, 6.07) is 9.95. The molecule has 0 spiro atoms. The van der Waals surface area contributed by atoms with Gasteiger partial charge in [0.05, 0.1) is 4.90 Å². The van der Waals surface area contributed by atoms with Crippen LogP contribution in [0.3, 0.4) is 0 Å². The quantitative estimate of drug-likeness (QED) is 0.825. The molecule has 0 bridgehead atoms. The number of carbonyl (C=O) groups is 1. The van der Waals surface area contributed by atoms with Crippen molar-refractivity contribution in [2.45, 2.75) is 37.6 Å². The summed E-state index contributed by atoms with van der Waals surface area (Å²) in [5.41, 5.74) is -0.118. The highest BCUT2D eigenvalue weighted by molar-refractivity contribution is 7.89. The molecule has 1 aromatic heterocycles. The topological polar surface area (TPSA) is 75.3 Å². The molecule has 130 valence electrons. The van der Waals surface area contributed by atoms with Crippen LogP contribution < -0.4 is 10.0 Å². The molecule has 1 amide bonds. The van der Waals surface area contributed by atoms with E-state index in [-0.39, 0.29) is 10.8 Å². The van der Waals surface area contributed by atoms with Gasteiger partial charge in [-0.15, -0.1) is 11.3 Å². The van der Waals surface area contributed by atoms with Gasteiger partial charge in [-0.05, 0) is 62.9 Å². The molecule has 1 heterocycles. The molecule has 0 unspecified atom stereocenters. The molecule has 0 aliphatic rings. The van der Waals surface area contributed by atoms with Crippen LogP contribution in [0.5, 0.6) is 0 Å². The monoisotopic (exact) mass is 366 g/mol. The number of nitrogens with one attached hydrogen (secondary N) is 2. The Morgan fingerprint density at radius 1 is 1.12 bits per heavy atom. The second kappa shape index (κ2) is 7.46. The number of benzene rings is 1. The Hall–Kier alpha value is -1.70. The maximum atomic E-state index is 12.2. The number of hydrogen-bond acceptors (Lipinski definition) is 4. The van der Waals surface area contributed by atoms with Gasteiger partial charge in [0.1, 0.15) is 0 Å². The highest BCUT2D eigenvalue weighted by Gasteiger charge is 2.22. The Morgan fingerprint density at radius 3 is 2.33 bits per heavy atom. The third-order valence-corrected chi connectivity index (χ3v) is 5.81. The lowest BCUT2D eigenvalue weighted by Crippen LogP contribution is -2.40. The molecule has 0 fully saturated rings. The largest absolute Gasteiger partial charge is 0.352 e. The summed E-state index contributed by atoms with van der Waals surface area (Å²) in [7, 11) is -3.59. The van der Waals surface area contributed by atoms with Gasteiger partial charge in [-0.1, -0.05) is 6.07 Å². The molecule has 0 radical (unpaired) electrons. The van der Waals surface area contributed by atoms with Gasteiger partial charge in [-0.2, -0.15) is 0 Å². The molecule has 0 atom stereocenters.